The van der Waals surface area contributed by atoms with Gasteiger partial charge in [-0.3, -0.25) is 0 Å². The van der Waals surface area contributed by atoms with Crippen molar-refractivity contribution in [2.75, 3.05) is 0 Å². The average molecular weight is 290 g/mol. The fraction of sp³-hybridized carbons (Fsp3) is 0.294. The van der Waals surface area contributed by atoms with Crippen LogP contribution in [0.3, 0.4) is 0 Å². The third-order valence-corrected chi connectivity index (χ3v) is 3.59. The van der Waals surface area contributed by atoms with Crippen molar-refractivity contribution in [1.29, 1.82) is 0 Å². The summed E-state index contributed by atoms with van der Waals surface area (Å²) in [6, 6.07) is 15.8. The number of hydrogen-bond donors (Lipinski definition) is 2. The summed E-state index contributed by atoms with van der Waals surface area (Å²) in [5.74, 6) is 0.283. The molecule has 1 atom stereocenters. The van der Waals surface area contributed by atoms with Crippen LogP contribution in [0.4, 0.5) is 0 Å². The van der Waals surface area contributed by atoms with E-state index in [2.05, 4.69) is 36.5 Å². The van der Waals surface area contributed by atoms with E-state index in [1.165, 1.54) is 5.56 Å². The Balaban J connectivity index is 2.07. The largest absolute Gasteiger partial charge is 0.508 e. The molecule has 1 unspecified atom stereocenters. The van der Waals surface area contributed by atoms with Crippen molar-refractivity contribution < 1.29 is 5.11 Å². The lowest BCUT2D eigenvalue weighted by atomic mass is 10.0. The number of rotatable bonds is 6. The van der Waals surface area contributed by atoms with Gasteiger partial charge in [-0.1, -0.05) is 55.3 Å². The van der Waals surface area contributed by atoms with Crippen molar-refractivity contribution in [2.24, 2.45) is 0 Å². The SMILES string of the molecule is CCCC(NCc1cc(Cl)ccc1O)c1ccccc1. The Morgan fingerprint density at radius 3 is 2.60 bits per heavy atom. The Labute approximate surface area is 125 Å². The lowest BCUT2D eigenvalue weighted by Gasteiger charge is -2.19. The van der Waals surface area contributed by atoms with Gasteiger partial charge in [0.25, 0.3) is 0 Å². The van der Waals surface area contributed by atoms with Crippen LogP contribution in [0, 0.1) is 0 Å². The molecule has 2 N–H and O–H groups in total. The van der Waals surface area contributed by atoms with E-state index in [-0.39, 0.29) is 5.75 Å². The minimum absolute atomic E-state index is 0.283. The van der Waals surface area contributed by atoms with E-state index in [0.29, 0.717) is 17.6 Å². The lowest BCUT2D eigenvalue weighted by molar-refractivity contribution is 0.450. The normalized spacial score (nSPS) is 12.3. The van der Waals surface area contributed by atoms with Crippen LogP contribution >= 0.6 is 11.6 Å². The molecule has 106 valence electrons. The number of nitrogens with one attached hydrogen (secondary N) is 1. The Kier molecular flexibility index (Phi) is 5.45. The second-order valence-corrected chi connectivity index (χ2v) is 5.34. The van der Waals surface area contributed by atoms with Gasteiger partial charge in [0, 0.05) is 23.2 Å². The van der Waals surface area contributed by atoms with Gasteiger partial charge < -0.3 is 10.4 Å². The maximum atomic E-state index is 9.85. The monoisotopic (exact) mass is 289 g/mol. The van der Waals surface area contributed by atoms with Crippen LogP contribution in [0.1, 0.15) is 36.9 Å². The molecule has 20 heavy (non-hydrogen) atoms. The summed E-state index contributed by atoms with van der Waals surface area (Å²) < 4.78 is 0. The molecule has 0 aliphatic heterocycles. The zero-order chi connectivity index (χ0) is 14.4. The van der Waals surface area contributed by atoms with E-state index in [0.717, 1.165) is 18.4 Å². The fourth-order valence-corrected chi connectivity index (χ4v) is 2.48. The first-order chi connectivity index (χ1) is 9.70. The van der Waals surface area contributed by atoms with Crippen molar-refractivity contribution in [2.45, 2.75) is 32.4 Å². The van der Waals surface area contributed by atoms with E-state index >= 15 is 0 Å². The Hall–Kier alpha value is -1.51. The highest BCUT2D eigenvalue weighted by Crippen LogP contribution is 2.24. The van der Waals surface area contributed by atoms with E-state index in [1.54, 1.807) is 18.2 Å². The van der Waals surface area contributed by atoms with Gasteiger partial charge >= 0.3 is 0 Å². The maximum Gasteiger partial charge on any atom is 0.120 e. The molecule has 0 saturated heterocycles. The van der Waals surface area contributed by atoms with Crippen molar-refractivity contribution >= 4 is 11.6 Å². The molecule has 0 bridgehead atoms. The summed E-state index contributed by atoms with van der Waals surface area (Å²) in [5.41, 5.74) is 2.10. The smallest absolute Gasteiger partial charge is 0.120 e. The Morgan fingerprint density at radius 1 is 1.15 bits per heavy atom. The molecular weight excluding hydrogens is 270 g/mol. The van der Waals surface area contributed by atoms with Gasteiger partial charge in [-0.2, -0.15) is 0 Å². The first-order valence-electron chi connectivity index (χ1n) is 6.96. The van der Waals surface area contributed by atoms with Crippen LogP contribution in [-0.2, 0) is 6.54 Å². The van der Waals surface area contributed by atoms with Crippen LogP contribution in [0.5, 0.6) is 5.75 Å². The third kappa shape index (κ3) is 3.99. The molecule has 0 aliphatic carbocycles. The molecule has 0 radical (unpaired) electrons. The quantitative estimate of drug-likeness (QED) is 0.809. The third-order valence-electron chi connectivity index (χ3n) is 3.36. The minimum Gasteiger partial charge on any atom is -0.508 e. The van der Waals surface area contributed by atoms with E-state index in [1.807, 2.05) is 6.07 Å². The molecule has 2 aromatic rings. The number of hydrogen-bond acceptors (Lipinski definition) is 2. The predicted molar refractivity (Wildman–Crippen MR) is 84.0 cm³/mol. The van der Waals surface area contributed by atoms with E-state index in [9.17, 15) is 5.11 Å². The highest BCUT2D eigenvalue weighted by molar-refractivity contribution is 6.30. The zero-order valence-corrected chi connectivity index (χ0v) is 12.4. The predicted octanol–water partition coefficient (Wildman–Crippen LogP) is 4.68. The summed E-state index contributed by atoms with van der Waals surface area (Å²) in [5, 5.41) is 14.0. The first-order valence-corrected chi connectivity index (χ1v) is 7.34. The van der Waals surface area contributed by atoms with Gasteiger partial charge in [-0.25, -0.2) is 0 Å². The molecule has 0 amide bonds. The molecule has 0 heterocycles. The van der Waals surface area contributed by atoms with E-state index < -0.39 is 0 Å². The molecule has 0 spiro atoms. The van der Waals surface area contributed by atoms with Crippen LogP contribution in [0.25, 0.3) is 0 Å². The average Bonchev–Trinajstić information content (AvgIpc) is 2.47. The Morgan fingerprint density at radius 2 is 1.90 bits per heavy atom. The lowest BCUT2D eigenvalue weighted by Crippen LogP contribution is -2.20. The number of phenolic OH excluding ortho intramolecular Hbond substituents is 1. The molecule has 0 fully saturated rings. The van der Waals surface area contributed by atoms with Crippen LogP contribution < -0.4 is 5.32 Å². The summed E-state index contributed by atoms with van der Waals surface area (Å²) in [6.45, 7) is 2.78. The topological polar surface area (TPSA) is 32.3 Å². The fourth-order valence-electron chi connectivity index (χ4n) is 2.29. The van der Waals surface area contributed by atoms with Gasteiger partial charge in [0.1, 0.15) is 5.75 Å². The number of aromatic hydroxyl groups is 1. The van der Waals surface area contributed by atoms with Gasteiger partial charge in [0.15, 0.2) is 0 Å². The summed E-state index contributed by atoms with van der Waals surface area (Å²) in [4.78, 5) is 0. The summed E-state index contributed by atoms with van der Waals surface area (Å²) in [6.07, 6.45) is 2.17. The van der Waals surface area contributed by atoms with Gasteiger partial charge in [-0.05, 0) is 30.2 Å². The highest BCUT2D eigenvalue weighted by atomic mass is 35.5. The second-order valence-electron chi connectivity index (χ2n) is 4.91. The number of benzene rings is 2. The van der Waals surface area contributed by atoms with Crippen LogP contribution in [0.15, 0.2) is 48.5 Å². The van der Waals surface area contributed by atoms with Gasteiger partial charge in [0.2, 0.25) is 0 Å². The van der Waals surface area contributed by atoms with E-state index in [4.69, 9.17) is 11.6 Å². The van der Waals surface area contributed by atoms with Crippen molar-refractivity contribution in [1.82, 2.24) is 5.32 Å². The number of phenols is 1. The van der Waals surface area contributed by atoms with Gasteiger partial charge in [0.05, 0.1) is 0 Å². The molecular formula is C17H20ClNO. The molecule has 3 heteroatoms. The minimum atomic E-state index is 0.283. The summed E-state index contributed by atoms with van der Waals surface area (Å²) >= 11 is 5.97. The molecule has 2 rings (SSSR count). The van der Waals surface area contributed by atoms with Crippen molar-refractivity contribution in [3.8, 4) is 5.75 Å². The molecule has 2 nitrogen and oxygen atoms in total. The van der Waals surface area contributed by atoms with Gasteiger partial charge in [-0.15, -0.1) is 0 Å². The van der Waals surface area contributed by atoms with Crippen molar-refractivity contribution in [3.63, 3.8) is 0 Å². The highest BCUT2D eigenvalue weighted by Gasteiger charge is 2.11. The summed E-state index contributed by atoms with van der Waals surface area (Å²) in [7, 11) is 0. The zero-order valence-electron chi connectivity index (χ0n) is 11.6. The first kappa shape index (κ1) is 14.9. The second kappa shape index (κ2) is 7.32. The van der Waals surface area contributed by atoms with Crippen LogP contribution in [0.2, 0.25) is 5.02 Å². The number of halogens is 1. The molecule has 0 aromatic heterocycles. The molecule has 0 aliphatic rings. The molecule has 0 saturated carbocycles. The standard InChI is InChI=1S/C17H20ClNO/c1-2-6-16(13-7-4-3-5-8-13)19-12-14-11-15(18)9-10-17(14)20/h3-5,7-11,16,19-20H,2,6,12H2,1H3. The molecule has 2 aromatic carbocycles. The Bertz CT molecular complexity index is 542. The van der Waals surface area contributed by atoms with Crippen molar-refractivity contribution in [3.05, 3.63) is 64.7 Å². The van der Waals surface area contributed by atoms with Crippen LogP contribution in [-0.4, -0.2) is 5.11 Å². The maximum absolute atomic E-state index is 9.85.